The zero-order valence-electron chi connectivity index (χ0n) is 11.7. The second kappa shape index (κ2) is 5.29. The lowest BCUT2D eigenvalue weighted by atomic mass is 10.0. The largest absolute Gasteiger partial charge is 0.507 e. The van der Waals surface area contributed by atoms with Crippen molar-refractivity contribution < 1.29 is 9.84 Å². The topological polar surface area (TPSA) is 32.7 Å². The van der Waals surface area contributed by atoms with Crippen molar-refractivity contribution in [3.63, 3.8) is 0 Å². The van der Waals surface area contributed by atoms with Gasteiger partial charge in [0.2, 0.25) is 0 Å². The molecule has 1 fully saturated rings. The second-order valence-corrected chi connectivity index (χ2v) is 5.53. The van der Waals surface area contributed by atoms with Crippen molar-refractivity contribution in [1.82, 2.24) is 4.90 Å². The number of nitrogens with zero attached hydrogens (tertiary/aromatic N) is 1. The van der Waals surface area contributed by atoms with Crippen LogP contribution in [-0.4, -0.2) is 35.3 Å². The summed E-state index contributed by atoms with van der Waals surface area (Å²) in [5.74, 6) is 0.419. The summed E-state index contributed by atoms with van der Waals surface area (Å²) >= 11 is 0. The van der Waals surface area contributed by atoms with Gasteiger partial charge >= 0.3 is 0 Å². The SMILES string of the molecule is Cc1cc(CN2CC(C)OC(C)C2)cc(C)c1O. The lowest BCUT2D eigenvalue weighted by Crippen LogP contribution is -2.44. The Labute approximate surface area is 109 Å². The Bertz CT molecular complexity index is 397. The summed E-state index contributed by atoms with van der Waals surface area (Å²) in [6.45, 7) is 11.0. The first-order valence-electron chi connectivity index (χ1n) is 6.62. The standard InChI is InChI=1S/C15H23NO2/c1-10-5-14(6-11(2)15(10)17)9-16-7-12(3)18-13(4)8-16/h5-6,12-13,17H,7-9H2,1-4H3. The average molecular weight is 249 g/mol. The zero-order chi connectivity index (χ0) is 13.3. The second-order valence-electron chi connectivity index (χ2n) is 5.53. The molecule has 2 unspecified atom stereocenters. The third kappa shape index (κ3) is 3.03. The zero-order valence-corrected chi connectivity index (χ0v) is 11.7. The van der Waals surface area contributed by atoms with E-state index >= 15 is 0 Å². The Kier molecular flexibility index (Phi) is 3.93. The van der Waals surface area contributed by atoms with Crippen LogP contribution in [0.4, 0.5) is 0 Å². The van der Waals surface area contributed by atoms with Crippen molar-refractivity contribution in [1.29, 1.82) is 0 Å². The number of aryl methyl sites for hydroxylation is 2. The molecule has 2 atom stereocenters. The molecule has 0 saturated carbocycles. The highest BCUT2D eigenvalue weighted by Crippen LogP contribution is 2.24. The van der Waals surface area contributed by atoms with Gasteiger partial charge < -0.3 is 9.84 Å². The number of hydrogen-bond donors (Lipinski definition) is 1. The summed E-state index contributed by atoms with van der Waals surface area (Å²) < 4.78 is 5.74. The van der Waals surface area contributed by atoms with Crippen LogP contribution in [0.3, 0.4) is 0 Å². The number of benzene rings is 1. The van der Waals surface area contributed by atoms with E-state index in [1.54, 1.807) is 0 Å². The fourth-order valence-corrected chi connectivity index (χ4v) is 2.81. The van der Waals surface area contributed by atoms with E-state index in [-0.39, 0.29) is 0 Å². The summed E-state index contributed by atoms with van der Waals surface area (Å²) in [6, 6.07) is 4.15. The first kappa shape index (κ1) is 13.4. The van der Waals surface area contributed by atoms with Crippen molar-refractivity contribution in [3.8, 4) is 5.75 Å². The fraction of sp³-hybridized carbons (Fsp3) is 0.600. The quantitative estimate of drug-likeness (QED) is 0.874. The Morgan fingerprint density at radius 1 is 1.17 bits per heavy atom. The number of aromatic hydroxyl groups is 1. The van der Waals surface area contributed by atoms with Crippen LogP contribution >= 0.6 is 0 Å². The maximum atomic E-state index is 9.79. The molecular formula is C15H23NO2. The summed E-state index contributed by atoms with van der Waals surface area (Å²) in [4.78, 5) is 2.42. The molecule has 2 rings (SSSR count). The molecule has 1 N–H and O–H groups in total. The van der Waals surface area contributed by atoms with Gasteiger partial charge in [0, 0.05) is 19.6 Å². The van der Waals surface area contributed by atoms with Crippen molar-refractivity contribution in [2.45, 2.75) is 46.4 Å². The molecule has 0 radical (unpaired) electrons. The minimum atomic E-state index is 0.299. The third-order valence-corrected chi connectivity index (χ3v) is 3.45. The van der Waals surface area contributed by atoms with Gasteiger partial charge in [-0.2, -0.15) is 0 Å². The lowest BCUT2D eigenvalue weighted by Gasteiger charge is -2.35. The maximum Gasteiger partial charge on any atom is 0.121 e. The number of morpholine rings is 1. The number of phenolic OH excluding ortho intramolecular Hbond substituents is 1. The first-order chi connectivity index (χ1) is 8.45. The molecule has 0 amide bonds. The van der Waals surface area contributed by atoms with E-state index in [0.29, 0.717) is 18.0 Å². The summed E-state index contributed by atoms with van der Waals surface area (Å²) in [5.41, 5.74) is 3.18. The minimum absolute atomic E-state index is 0.299. The van der Waals surface area contributed by atoms with Gasteiger partial charge in [-0.1, -0.05) is 12.1 Å². The molecular weight excluding hydrogens is 226 g/mol. The Morgan fingerprint density at radius 3 is 2.17 bits per heavy atom. The van der Waals surface area contributed by atoms with Gasteiger partial charge in [-0.25, -0.2) is 0 Å². The van der Waals surface area contributed by atoms with Gasteiger partial charge in [0.15, 0.2) is 0 Å². The minimum Gasteiger partial charge on any atom is -0.507 e. The molecule has 0 bridgehead atoms. The third-order valence-electron chi connectivity index (χ3n) is 3.45. The van der Waals surface area contributed by atoms with Gasteiger partial charge in [-0.05, 0) is 44.4 Å². The van der Waals surface area contributed by atoms with Crippen LogP contribution in [0, 0.1) is 13.8 Å². The van der Waals surface area contributed by atoms with Crippen molar-refractivity contribution in [2.75, 3.05) is 13.1 Å². The molecule has 1 aromatic rings. The van der Waals surface area contributed by atoms with Crippen LogP contribution in [0.25, 0.3) is 0 Å². The van der Waals surface area contributed by atoms with Gasteiger partial charge in [0.1, 0.15) is 5.75 Å². The molecule has 0 spiro atoms. The number of rotatable bonds is 2. The number of hydrogen-bond acceptors (Lipinski definition) is 3. The molecule has 1 heterocycles. The molecule has 0 aliphatic carbocycles. The molecule has 1 saturated heterocycles. The summed E-state index contributed by atoms with van der Waals surface area (Å²) in [7, 11) is 0. The van der Waals surface area contributed by atoms with E-state index in [1.807, 2.05) is 13.8 Å². The van der Waals surface area contributed by atoms with Crippen LogP contribution in [0.1, 0.15) is 30.5 Å². The van der Waals surface area contributed by atoms with E-state index in [0.717, 1.165) is 30.8 Å². The van der Waals surface area contributed by atoms with E-state index in [1.165, 1.54) is 5.56 Å². The average Bonchev–Trinajstić information content (AvgIpc) is 2.24. The molecule has 1 aromatic carbocycles. The van der Waals surface area contributed by atoms with E-state index in [2.05, 4.69) is 30.9 Å². The van der Waals surface area contributed by atoms with Crippen LogP contribution in [-0.2, 0) is 11.3 Å². The van der Waals surface area contributed by atoms with Crippen molar-refractivity contribution in [2.24, 2.45) is 0 Å². The van der Waals surface area contributed by atoms with Crippen LogP contribution in [0.15, 0.2) is 12.1 Å². The Morgan fingerprint density at radius 2 is 1.67 bits per heavy atom. The summed E-state index contributed by atoms with van der Waals surface area (Å²) in [5, 5.41) is 9.79. The molecule has 3 heteroatoms. The van der Waals surface area contributed by atoms with Gasteiger partial charge in [0.05, 0.1) is 12.2 Å². The van der Waals surface area contributed by atoms with Crippen molar-refractivity contribution >= 4 is 0 Å². The fourth-order valence-electron chi connectivity index (χ4n) is 2.81. The smallest absolute Gasteiger partial charge is 0.121 e. The maximum absolute atomic E-state index is 9.79. The van der Waals surface area contributed by atoms with Gasteiger partial charge in [-0.3, -0.25) is 4.90 Å². The normalized spacial score (nSPS) is 25.3. The highest BCUT2D eigenvalue weighted by Gasteiger charge is 2.22. The molecule has 3 nitrogen and oxygen atoms in total. The highest BCUT2D eigenvalue weighted by molar-refractivity contribution is 5.42. The predicted octanol–water partition coefficient (Wildman–Crippen LogP) is 2.62. The van der Waals surface area contributed by atoms with Crippen molar-refractivity contribution in [3.05, 3.63) is 28.8 Å². The lowest BCUT2D eigenvalue weighted by molar-refractivity contribution is -0.0704. The monoisotopic (exact) mass is 249 g/mol. The molecule has 1 aliphatic heterocycles. The van der Waals surface area contributed by atoms with Crippen LogP contribution in [0.5, 0.6) is 5.75 Å². The predicted molar refractivity (Wildman–Crippen MR) is 72.9 cm³/mol. The van der Waals surface area contributed by atoms with E-state index < -0.39 is 0 Å². The van der Waals surface area contributed by atoms with Crippen LogP contribution < -0.4 is 0 Å². The molecule has 0 aromatic heterocycles. The highest BCUT2D eigenvalue weighted by atomic mass is 16.5. The number of phenols is 1. The number of ether oxygens (including phenoxy) is 1. The van der Waals surface area contributed by atoms with Crippen LogP contribution in [0.2, 0.25) is 0 Å². The van der Waals surface area contributed by atoms with Gasteiger partial charge in [0.25, 0.3) is 0 Å². The molecule has 100 valence electrons. The Balaban J connectivity index is 2.09. The van der Waals surface area contributed by atoms with E-state index in [4.69, 9.17) is 4.74 Å². The van der Waals surface area contributed by atoms with E-state index in [9.17, 15) is 5.11 Å². The summed E-state index contributed by atoms with van der Waals surface area (Å²) in [6.07, 6.45) is 0.598. The van der Waals surface area contributed by atoms with Gasteiger partial charge in [-0.15, -0.1) is 0 Å². The molecule has 18 heavy (non-hydrogen) atoms. The molecule has 1 aliphatic rings. The first-order valence-corrected chi connectivity index (χ1v) is 6.62. The Hall–Kier alpha value is -1.06.